The Morgan fingerprint density at radius 1 is 1.32 bits per heavy atom. The lowest BCUT2D eigenvalue weighted by Crippen LogP contribution is -2.24. The van der Waals surface area contributed by atoms with Gasteiger partial charge in [0.2, 0.25) is 0 Å². The second-order valence-electron chi connectivity index (χ2n) is 4.79. The minimum absolute atomic E-state index is 0.353. The maximum atomic E-state index is 11.7. The molecular weight excluding hydrogens is 328 g/mol. The first-order valence-electron chi connectivity index (χ1n) is 7.30. The molecule has 3 N–H and O–H groups in total. The Kier molecular flexibility index (Phi) is 5.88. The number of rotatable bonds is 6. The van der Waals surface area contributed by atoms with Crippen LogP contribution in [0.1, 0.15) is 12.5 Å². The number of anilines is 1. The summed E-state index contributed by atoms with van der Waals surface area (Å²) in [6.45, 7) is 2.43. The molecule has 0 fully saturated rings. The molecule has 0 aromatic heterocycles. The first-order valence-corrected chi connectivity index (χ1v) is 7.30. The van der Waals surface area contributed by atoms with Crippen LogP contribution < -0.4 is 15.5 Å². The number of hydrogen-bond donors (Lipinski definition) is 3. The zero-order valence-corrected chi connectivity index (χ0v) is 13.3. The van der Waals surface area contributed by atoms with Crippen molar-refractivity contribution in [3.8, 4) is 11.5 Å². The highest BCUT2D eigenvalue weighted by Gasteiger charge is 2.12. The van der Waals surface area contributed by atoms with Crippen LogP contribution in [0.3, 0.4) is 0 Å². The van der Waals surface area contributed by atoms with Crippen molar-refractivity contribution in [1.29, 1.82) is 0 Å². The Morgan fingerprint density at radius 3 is 2.68 bits per heavy atom. The van der Waals surface area contributed by atoms with Gasteiger partial charge in [-0.25, -0.2) is 10.2 Å². The van der Waals surface area contributed by atoms with Crippen LogP contribution in [0.4, 0.5) is 16.2 Å². The van der Waals surface area contributed by atoms with Crippen LogP contribution in [-0.4, -0.2) is 28.9 Å². The molecule has 0 radical (unpaired) electrons. The highest BCUT2D eigenvalue weighted by atomic mass is 16.6. The molecule has 0 atom stereocenters. The molecule has 0 unspecified atom stereocenters. The Morgan fingerprint density at radius 2 is 2.04 bits per heavy atom. The van der Waals surface area contributed by atoms with Gasteiger partial charge in [-0.15, -0.1) is 0 Å². The van der Waals surface area contributed by atoms with Gasteiger partial charge in [0.15, 0.2) is 5.75 Å². The van der Waals surface area contributed by atoms with E-state index in [4.69, 9.17) is 4.74 Å². The smallest absolute Gasteiger partial charge is 0.339 e. The molecule has 25 heavy (non-hydrogen) atoms. The van der Waals surface area contributed by atoms with E-state index in [-0.39, 0.29) is 0 Å². The third kappa shape index (κ3) is 5.20. The van der Waals surface area contributed by atoms with Gasteiger partial charge in [0, 0.05) is 17.3 Å². The first kappa shape index (κ1) is 17.7. The number of urea groups is 1. The Balaban J connectivity index is 1.92. The van der Waals surface area contributed by atoms with Gasteiger partial charge in [0.1, 0.15) is 5.75 Å². The Bertz CT molecular complexity index is 790. The number of ether oxygens (including phenoxy) is 1. The molecule has 0 aliphatic carbocycles. The van der Waals surface area contributed by atoms with E-state index in [2.05, 4.69) is 15.8 Å². The molecule has 0 saturated carbocycles. The number of amides is 2. The summed E-state index contributed by atoms with van der Waals surface area (Å²) < 4.78 is 5.30. The van der Waals surface area contributed by atoms with E-state index in [9.17, 15) is 20.0 Å². The van der Waals surface area contributed by atoms with Crippen LogP contribution in [0, 0.1) is 10.1 Å². The number of benzene rings is 2. The predicted octanol–water partition coefficient (Wildman–Crippen LogP) is 2.85. The summed E-state index contributed by atoms with van der Waals surface area (Å²) >= 11 is 0. The van der Waals surface area contributed by atoms with Crippen molar-refractivity contribution in [1.82, 2.24) is 5.43 Å². The topological polar surface area (TPSA) is 126 Å². The number of aromatic hydroxyl groups is 1. The van der Waals surface area contributed by atoms with Crippen LogP contribution in [0.2, 0.25) is 0 Å². The summed E-state index contributed by atoms with van der Waals surface area (Å²) in [6, 6.07) is 9.97. The van der Waals surface area contributed by atoms with Gasteiger partial charge in [0.25, 0.3) is 0 Å². The van der Waals surface area contributed by atoms with Crippen molar-refractivity contribution in [3.05, 3.63) is 58.1 Å². The Labute approximate surface area is 143 Å². The van der Waals surface area contributed by atoms with E-state index in [1.807, 2.05) is 6.92 Å². The van der Waals surface area contributed by atoms with Crippen molar-refractivity contribution in [2.75, 3.05) is 11.9 Å². The summed E-state index contributed by atoms with van der Waals surface area (Å²) in [7, 11) is 0. The largest absolute Gasteiger partial charge is 0.502 e. The number of nitro groups is 1. The first-order chi connectivity index (χ1) is 12.0. The fourth-order valence-corrected chi connectivity index (χ4v) is 1.89. The molecule has 0 heterocycles. The van der Waals surface area contributed by atoms with Crippen molar-refractivity contribution >= 4 is 23.6 Å². The molecule has 0 aliphatic rings. The van der Waals surface area contributed by atoms with Gasteiger partial charge in [-0.3, -0.25) is 10.1 Å². The van der Waals surface area contributed by atoms with E-state index in [1.165, 1.54) is 18.3 Å². The minimum Gasteiger partial charge on any atom is -0.502 e. The molecule has 0 spiro atoms. The number of carbonyl (C=O) groups is 1. The SMILES string of the molecule is CCOc1ccc(NC(=O)N/N=C/c2ccc(O)c([N+](=O)[O-])c2)cc1. The molecule has 2 aromatic carbocycles. The number of nitro benzene ring substituents is 1. The van der Waals surface area contributed by atoms with E-state index < -0.39 is 22.4 Å². The van der Waals surface area contributed by atoms with Gasteiger partial charge >= 0.3 is 11.7 Å². The second-order valence-corrected chi connectivity index (χ2v) is 4.79. The zero-order chi connectivity index (χ0) is 18.2. The molecule has 9 nitrogen and oxygen atoms in total. The standard InChI is InChI=1S/C16H16N4O5/c1-2-25-13-6-4-12(5-7-13)18-16(22)19-17-10-11-3-8-15(21)14(9-11)20(23)24/h3-10,21H,2H2,1H3,(H2,18,19,22)/b17-10+. The van der Waals surface area contributed by atoms with Gasteiger partial charge in [-0.1, -0.05) is 0 Å². The van der Waals surface area contributed by atoms with Crippen molar-refractivity contribution in [2.45, 2.75) is 6.92 Å². The van der Waals surface area contributed by atoms with E-state index in [1.54, 1.807) is 24.3 Å². The van der Waals surface area contributed by atoms with E-state index >= 15 is 0 Å². The maximum absolute atomic E-state index is 11.7. The van der Waals surface area contributed by atoms with E-state index in [0.717, 1.165) is 6.07 Å². The van der Waals surface area contributed by atoms with Crippen LogP contribution in [-0.2, 0) is 0 Å². The van der Waals surface area contributed by atoms with Crippen LogP contribution in [0.5, 0.6) is 11.5 Å². The number of nitrogens with one attached hydrogen (secondary N) is 2. The second kappa shape index (κ2) is 8.29. The third-order valence-corrected chi connectivity index (χ3v) is 3.00. The van der Waals surface area contributed by atoms with Gasteiger partial charge in [0.05, 0.1) is 17.7 Å². The maximum Gasteiger partial charge on any atom is 0.339 e. The molecule has 2 amide bonds. The molecule has 130 valence electrons. The summed E-state index contributed by atoms with van der Waals surface area (Å²) in [4.78, 5) is 21.8. The summed E-state index contributed by atoms with van der Waals surface area (Å²) in [5.74, 6) is 0.253. The lowest BCUT2D eigenvalue weighted by Gasteiger charge is -2.06. The monoisotopic (exact) mass is 344 g/mol. The van der Waals surface area contributed by atoms with Crippen LogP contribution in [0.15, 0.2) is 47.6 Å². The normalized spacial score (nSPS) is 10.4. The third-order valence-electron chi connectivity index (χ3n) is 3.00. The summed E-state index contributed by atoms with van der Waals surface area (Å²) in [5, 5.41) is 26.4. The summed E-state index contributed by atoms with van der Waals surface area (Å²) in [6.07, 6.45) is 1.23. The minimum atomic E-state index is -0.710. The number of carbonyl (C=O) groups excluding carboxylic acids is 1. The van der Waals surface area contributed by atoms with Crippen molar-refractivity contribution in [3.63, 3.8) is 0 Å². The number of hydrazone groups is 1. The average Bonchev–Trinajstić information content (AvgIpc) is 2.58. The fraction of sp³-hybridized carbons (Fsp3) is 0.125. The van der Waals surface area contributed by atoms with Crippen molar-refractivity contribution in [2.24, 2.45) is 5.10 Å². The van der Waals surface area contributed by atoms with Crippen molar-refractivity contribution < 1.29 is 19.6 Å². The van der Waals surface area contributed by atoms with Gasteiger partial charge in [-0.2, -0.15) is 5.10 Å². The van der Waals surface area contributed by atoms with Crippen LogP contribution in [0.25, 0.3) is 0 Å². The lowest BCUT2D eigenvalue weighted by atomic mass is 10.2. The molecule has 9 heteroatoms. The highest BCUT2D eigenvalue weighted by molar-refractivity contribution is 5.90. The Hall–Kier alpha value is -3.62. The zero-order valence-electron chi connectivity index (χ0n) is 13.3. The highest BCUT2D eigenvalue weighted by Crippen LogP contribution is 2.25. The van der Waals surface area contributed by atoms with E-state index in [0.29, 0.717) is 23.6 Å². The molecule has 2 rings (SSSR count). The average molecular weight is 344 g/mol. The number of hydrogen-bond acceptors (Lipinski definition) is 6. The number of nitrogens with zero attached hydrogens (tertiary/aromatic N) is 2. The fourth-order valence-electron chi connectivity index (χ4n) is 1.89. The van der Waals surface area contributed by atoms with Gasteiger partial charge in [-0.05, 0) is 43.3 Å². The molecular formula is C16H16N4O5. The number of phenols is 1. The predicted molar refractivity (Wildman–Crippen MR) is 92.1 cm³/mol. The number of phenolic OH excluding ortho intramolecular Hbond substituents is 1. The van der Waals surface area contributed by atoms with Crippen LogP contribution >= 0.6 is 0 Å². The molecule has 0 saturated heterocycles. The van der Waals surface area contributed by atoms with Gasteiger partial charge < -0.3 is 15.2 Å². The lowest BCUT2D eigenvalue weighted by molar-refractivity contribution is -0.385. The molecule has 0 bridgehead atoms. The molecule has 0 aliphatic heterocycles. The quantitative estimate of drug-likeness (QED) is 0.422. The molecule has 2 aromatic rings. The summed E-state index contributed by atoms with van der Waals surface area (Å²) in [5.41, 5.74) is 2.70.